The van der Waals surface area contributed by atoms with Crippen LogP contribution in [0.3, 0.4) is 0 Å². The Kier molecular flexibility index (Phi) is 3.55. The van der Waals surface area contributed by atoms with E-state index in [9.17, 15) is 9.90 Å². The lowest BCUT2D eigenvalue weighted by atomic mass is 10.0. The van der Waals surface area contributed by atoms with E-state index >= 15 is 0 Å². The van der Waals surface area contributed by atoms with Crippen LogP contribution in [-0.2, 0) is 4.79 Å². The third-order valence-electron chi connectivity index (χ3n) is 4.16. The average molecular weight is 349 g/mol. The van der Waals surface area contributed by atoms with E-state index < -0.39 is 0 Å². The number of para-hydroxylation sites is 1. The number of benzene rings is 2. The maximum Gasteiger partial charge on any atom is 0.257 e. The number of carbonyl (C=O) groups excluding carboxylic acids is 1. The van der Waals surface area contributed by atoms with Crippen LogP contribution in [0.1, 0.15) is 5.69 Å². The van der Waals surface area contributed by atoms with Gasteiger partial charge in [-0.2, -0.15) is 0 Å². The topological polar surface area (TPSA) is 62.2 Å². The lowest BCUT2D eigenvalue weighted by Gasteiger charge is -2.09. The molecule has 2 N–H and O–H groups in total. The summed E-state index contributed by atoms with van der Waals surface area (Å²) in [4.78, 5) is 16.2. The predicted molar refractivity (Wildman–Crippen MR) is 99.4 cm³/mol. The molecule has 5 heteroatoms. The summed E-state index contributed by atoms with van der Waals surface area (Å²) in [5.74, 6) is -0.0320. The van der Waals surface area contributed by atoms with Crippen LogP contribution >= 0.6 is 11.6 Å². The molecule has 0 unspecified atom stereocenters. The molecule has 0 radical (unpaired) electrons. The quantitative estimate of drug-likeness (QED) is 0.657. The Morgan fingerprint density at radius 3 is 2.40 bits per heavy atom. The number of hydrogen-bond acceptors (Lipinski definition) is 3. The molecule has 4 rings (SSSR count). The number of nitrogens with one attached hydrogen (secondary N) is 1. The number of hydrogen-bond donors (Lipinski definition) is 2. The van der Waals surface area contributed by atoms with Crippen molar-refractivity contribution in [3.8, 4) is 28.1 Å². The van der Waals surface area contributed by atoms with Gasteiger partial charge in [-0.05, 0) is 17.7 Å². The average Bonchev–Trinajstić information content (AvgIpc) is 2.88. The number of anilines is 1. The minimum atomic E-state index is -0.259. The first-order valence-electron chi connectivity index (χ1n) is 7.64. The Hall–Kier alpha value is -3.11. The number of aromatic hydroxyl groups is 1. The van der Waals surface area contributed by atoms with Crippen molar-refractivity contribution in [2.24, 2.45) is 0 Å². The van der Waals surface area contributed by atoms with Gasteiger partial charge in [-0.25, -0.2) is 4.98 Å². The van der Waals surface area contributed by atoms with Crippen LogP contribution in [0.5, 0.6) is 5.75 Å². The molecule has 0 spiro atoms. The zero-order valence-corrected chi connectivity index (χ0v) is 13.8. The highest BCUT2D eigenvalue weighted by atomic mass is 35.5. The van der Waals surface area contributed by atoms with Gasteiger partial charge in [0.2, 0.25) is 0 Å². The van der Waals surface area contributed by atoms with E-state index in [4.69, 9.17) is 11.6 Å². The van der Waals surface area contributed by atoms with Gasteiger partial charge in [-0.15, -0.1) is 0 Å². The lowest BCUT2D eigenvalue weighted by molar-refractivity contribution is -0.110. The van der Waals surface area contributed by atoms with Crippen molar-refractivity contribution in [1.29, 1.82) is 0 Å². The second kappa shape index (κ2) is 5.76. The van der Waals surface area contributed by atoms with Gasteiger partial charge in [0.15, 0.2) is 0 Å². The van der Waals surface area contributed by atoms with Gasteiger partial charge in [0, 0.05) is 11.1 Å². The molecule has 1 aliphatic rings. The van der Waals surface area contributed by atoms with Crippen LogP contribution < -0.4 is 5.32 Å². The molecular formula is C20H13ClN2O2. The molecule has 1 aromatic heterocycles. The van der Waals surface area contributed by atoms with Gasteiger partial charge >= 0.3 is 0 Å². The number of nitrogens with zero attached hydrogens (tertiary/aromatic N) is 1. The van der Waals surface area contributed by atoms with Crippen molar-refractivity contribution in [3.05, 3.63) is 71.9 Å². The molecule has 0 fully saturated rings. The smallest absolute Gasteiger partial charge is 0.257 e. The first-order valence-corrected chi connectivity index (χ1v) is 8.02. The van der Waals surface area contributed by atoms with Crippen molar-refractivity contribution in [2.45, 2.75) is 0 Å². The predicted octanol–water partition coefficient (Wildman–Crippen LogP) is 4.74. The van der Waals surface area contributed by atoms with Crippen LogP contribution in [0.2, 0.25) is 5.02 Å². The Bertz CT molecular complexity index is 1030. The van der Waals surface area contributed by atoms with E-state index in [0.29, 0.717) is 27.7 Å². The second-order valence-corrected chi connectivity index (χ2v) is 6.15. The second-order valence-electron chi connectivity index (χ2n) is 5.74. The minimum Gasteiger partial charge on any atom is -0.507 e. The highest BCUT2D eigenvalue weighted by molar-refractivity contribution is 6.35. The van der Waals surface area contributed by atoms with E-state index in [-0.39, 0.29) is 11.7 Å². The van der Waals surface area contributed by atoms with Gasteiger partial charge in [-0.3, -0.25) is 4.79 Å². The zero-order valence-electron chi connectivity index (χ0n) is 13.1. The monoisotopic (exact) mass is 348 g/mol. The van der Waals surface area contributed by atoms with Gasteiger partial charge in [-0.1, -0.05) is 60.6 Å². The molecule has 2 aromatic carbocycles. The molecule has 4 nitrogen and oxygen atoms in total. The molecule has 0 saturated heterocycles. The number of phenolic OH excluding ortho intramolecular Hbond substituents is 1. The highest BCUT2D eigenvalue weighted by Crippen LogP contribution is 2.37. The molecule has 25 heavy (non-hydrogen) atoms. The molecular weight excluding hydrogens is 336 g/mol. The molecule has 0 bridgehead atoms. The Labute approximate surface area is 149 Å². The van der Waals surface area contributed by atoms with Crippen molar-refractivity contribution in [1.82, 2.24) is 4.98 Å². The SMILES string of the molecule is C=C1C(=O)Nc2cc(Cl)c(-c3ccc(-c4ccccc4O)cc3)nc21. The lowest BCUT2D eigenvalue weighted by Crippen LogP contribution is -2.02. The third kappa shape index (κ3) is 2.57. The van der Waals surface area contributed by atoms with E-state index in [2.05, 4.69) is 16.9 Å². The molecule has 0 atom stereocenters. The van der Waals surface area contributed by atoms with Gasteiger partial charge in [0.05, 0.1) is 27.7 Å². The first-order chi connectivity index (χ1) is 12.0. The zero-order chi connectivity index (χ0) is 17.6. The third-order valence-corrected chi connectivity index (χ3v) is 4.45. The Morgan fingerprint density at radius 1 is 1.00 bits per heavy atom. The number of pyridine rings is 1. The summed E-state index contributed by atoms with van der Waals surface area (Å²) in [6.07, 6.45) is 0. The maximum atomic E-state index is 11.7. The summed E-state index contributed by atoms with van der Waals surface area (Å²) in [7, 11) is 0. The van der Waals surface area contributed by atoms with Crippen molar-refractivity contribution in [2.75, 3.05) is 5.32 Å². The van der Waals surface area contributed by atoms with E-state index in [1.807, 2.05) is 36.4 Å². The molecule has 2 heterocycles. The largest absolute Gasteiger partial charge is 0.507 e. The molecule has 1 amide bonds. The standard InChI is InChI=1S/C20H13ClN2O2/c1-11-18-16(22-20(11)25)10-15(21)19(23-18)13-8-6-12(7-9-13)14-4-2-3-5-17(14)24/h2-10,24H,1H2,(H,22,25). The van der Waals surface area contributed by atoms with E-state index in [1.54, 1.807) is 18.2 Å². The summed E-state index contributed by atoms with van der Waals surface area (Å²) in [5.41, 5.74) is 4.48. The fourth-order valence-corrected chi connectivity index (χ4v) is 3.11. The highest BCUT2D eigenvalue weighted by Gasteiger charge is 2.25. The number of amides is 1. The normalized spacial score (nSPS) is 12.8. The summed E-state index contributed by atoms with van der Waals surface area (Å²) in [5, 5.41) is 13.1. The number of aromatic nitrogens is 1. The number of fused-ring (bicyclic) bond motifs is 1. The number of rotatable bonds is 2. The summed E-state index contributed by atoms with van der Waals surface area (Å²) in [6.45, 7) is 3.76. The minimum absolute atomic E-state index is 0.227. The van der Waals surface area contributed by atoms with Crippen molar-refractivity contribution < 1.29 is 9.90 Å². The van der Waals surface area contributed by atoms with Crippen LogP contribution in [0.25, 0.3) is 28.0 Å². The number of halogens is 1. The van der Waals surface area contributed by atoms with E-state index in [0.717, 1.165) is 16.7 Å². The van der Waals surface area contributed by atoms with Crippen LogP contribution in [-0.4, -0.2) is 16.0 Å². The Morgan fingerprint density at radius 2 is 1.68 bits per heavy atom. The number of phenols is 1. The number of carbonyl (C=O) groups is 1. The fourth-order valence-electron chi connectivity index (χ4n) is 2.85. The molecule has 0 aliphatic carbocycles. The fraction of sp³-hybridized carbons (Fsp3) is 0. The maximum absolute atomic E-state index is 11.7. The van der Waals surface area contributed by atoms with Crippen molar-refractivity contribution >= 4 is 28.8 Å². The van der Waals surface area contributed by atoms with Crippen LogP contribution in [0.4, 0.5) is 5.69 Å². The van der Waals surface area contributed by atoms with Gasteiger partial charge in [0.25, 0.3) is 5.91 Å². The van der Waals surface area contributed by atoms with Crippen molar-refractivity contribution in [3.63, 3.8) is 0 Å². The summed E-state index contributed by atoms with van der Waals surface area (Å²) >= 11 is 6.34. The van der Waals surface area contributed by atoms with E-state index in [1.165, 1.54) is 0 Å². The molecule has 0 saturated carbocycles. The molecule has 122 valence electrons. The molecule has 1 aliphatic heterocycles. The molecule has 3 aromatic rings. The van der Waals surface area contributed by atoms with Gasteiger partial charge in [0.1, 0.15) is 5.75 Å². The van der Waals surface area contributed by atoms with Crippen LogP contribution in [0, 0.1) is 0 Å². The summed E-state index contributed by atoms with van der Waals surface area (Å²) < 4.78 is 0. The summed E-state index contributed by atoms with van der Waals surface area (Å²) in [6, 6.07) is 16.4. The van der Waals surface area contributed by atoms with Crippen LogP contribution in [0.15, 0.2) is 61.2 Å². The Balaban J connectivity index is 1.76. The van der Waals surface area contributed by atoms with Gasteiger partial charge < -0.3 is 10.4 Å². The first kappa shape index (κ1) is 15.4.